The molecule has 0 aromatic carbocycles. The van der Waals surface area contributed by atoms with Crippen LogP contribution in [0.5, 0.6) is 5.75 Å². The van der Waals surface area contributed by atoms with Gasteiger partial charge in [0.05, 0.1) is 17.1 Å². The van der Waals surface area contributed by atoms with Crippen LogP contribution in [0.1, 0.15) is 12.0 Å². The lowest BCUT2D eigenvalue weighted by atomic mass is 10.1. The van der Waals surface area contributed by atoms with Gasteiger partial charge in [-0.2, -0.15) is 0 Å². The zero-order valence-corrected chi connectivity index (χ0v) is 15.4. The molecule has 3 aromatic heterocycles. The Balaban J connectivity index is 1.93. The predicted molar refractivity (Wildman–Crippen MR) is 109 cm³/mol. The minimum atomic E-state index is 0.123. The van der Waals surface area contributed by atoms with Crippen molar-refractivity contribution in [1.82, 2.24) is 20.3 Å². The molecule has 0 bridgehead atoms. The highest BCUT2D eigenvalue weighted by Gasteiger charge is 2.22. The molecule has 1 unspecified atom stereocenters. The fourth-order valence-corrected chi connectivity index (χ4v) is 3.44. The van der Waals surface area contributed by atoms with Crippen molar-refractivity contribution >= 4 is 39.5 Å². The number of aromatic amines is 1. The number of H-pyrrole nitrogens is 1. The van der Waals surface area contributed by atoms with Gasteiger partial charge in [-0.25, -0.2) is 9.97 Å². The number of ether oxygens (including phenoxy) is 1. The fourth-order valence-electron chi connectivity index (χ4n) is 3.44. The van der Waals surface area contributed by atoms with Crippen molar-refractivity contribution in [1.29, 1.82) is 0 Å². The van der Waals surface area contributed by atoms with Gasteiger partial charge >= 0.3 is 0 Å². The minimum absolute atomic E-state index is 0.123. The molecule has 0 spiro atoms. The van der Waals surface area contributed by atoms with E-state index in [0.717, 1.165) is 58.3 Å². The molecule has 1 aliphatic heterocycles. The largest absolute Gasteiger partial charge is 0.484 e. The van der Waals surface area contributed by atoms with Gasteiger partial charge in [0, 0.05) is 55.8 Å². The molecule has 4 rings (SSSR count). The van der Waals surface area contributed by atoms with Gasteiger partial charge < -0.3 is 26.1 Å². The van der Waals surface area contributed by atoms with E-state index in [9.17, 15) is 0 Å². The van der Waals surface area contributed by atoms with E-state index in [2.05, 4.69) is 36.6 Å². The maximum absolute atomic E-state index is 6.35. The Morgan fingerprint density at radius 2 is 2.30 bits per heavy atom. The Morgan fingerprint density at radius 3 is 3.00 bits per heavy atom. The van der Waals surface area contributed by atoms with Crippen LogP contribution in [0.25, 0.3) is 27.5 Å². The highest BCUT2D eigenvalue weighted by atomic mass is 16.5. The first kappa shape index (κ1) is 17.3. The van der Waals surface area contributed by atoms with Crippen LogP contribution in [0.15, 0.2) is 29.7 Å². The first-order valence-corrected chi connectivity index (χ1v) is 8.95. The Bertz CT molecular complexity index is 1030. The maximum atomic E-state index is 6.35. The molecule has 1 fully saturated rings. The molecule has 0 amide bonds. The van der Waals surface area contributed by atoms with Gasteiger partial charge in [-0.3, -0.25) is 4.99 Å². The summed E-state index contributed by atoms with van der Waals surface area (Å²) in [5.41, 5.74) is 9.14. The number of rotatable bonds is 5. The molecule has 8 heteroatoms. The van der Waals surface area contributed by atoms with Gasteiger partial charge in [0.15, 0.2) is 11.6 Å². The average molecular weight is 365 g/mol. The first-order chi connectivity index (χ1) is 13.2. The zero-order chi connectivity index (χ0) is 18.8. The number of aromatic nitrogens is 3. The van der Waals surface area contributed by atoms with Crippen LogP contribution in [0, 0.1) is 0 Å². The number of nitrogens with two attached hydrogens (primary N) is 1. The summed E-state index contributed by atoms with van der Waals surface area (Å²) in [5, 5.41) is 8.41. The topological polar surface area (TPSA) is 113 Å². The number of nitrogens with zero attached hydrogens (tertiary/aromatic N) is 3. The second kappa shape index (κ2) is 7.24. The molecule has 1 atom stereocenters. The molecule has 0 radical (unpaired) electrons. The lowest BCUT2D eigenvalue weighted by molar-refractivity contribution is 0.226. The Labute approximate surface area is 156 Å². The summed E-state index contributed by atoms with van der Waals surface area (Å²) < 4.78 is 6.35. The predicted octanol–water partition coefficient (Wildman–Crippen LogP) is 1.89. The van der Waals surface area contributed by atoms with E-state index in [1.54, 1.807) is 25.7 Å². The van der Waals surface area contributed by atoms with Crippen molar-refractivity contribution in [2.24, 2.45) is 10.7 Å². The zero-order valence-electron chi connectivity index (χ0n) is 15.4. The molecule has 4 heterocycles. The van der Waals surface area contributed by atoms with Crippen molar-refractivity contribution in [3.63, 3.8) is 0 Å². The van der Waals surface area contributed by atoms with Gasteiger partial charge in [-0.1, -0.05) is 0 Å². The number of hydrogen-bond donors (Lipinski definition) is 4. The molecule has 3 aromatic rings. The average Bonchev–Trinajstić information content (AvgIpc) is 3.33. The summed E-state index contributed by atoms with van der Waals surface area (Å²) in [6, 6.07) is 2.06. The van der Waals surface area contributed by atoms with Crippen molar-refractivity contribution in [2.75, 3.05) is 32.5 Å². The standard InChI is InChI=1S/C19H23N7O/c1-21-7-12(6-20)11-5-14-16-15(26-18(14)24-8-11)10-25-19(22-2)17(16)27-13-3-4-23-9-13/h5-8,10,13,23H,3-4,9,20H2,1-2H3,(H,22,25)(H,24,26). The van der Waals surface area contributed by atoms with Gasteiger partial charge in [0.25, 0.3) is 0 Å². The quantitative estimate of drug-likeness (QED) is 0.514. The van der Waals surface area contributed by atoms with Crippen molar-refractivity contribution in [3.05, 3.63) is 30.2 Å². The Hall–Kier alpha value is -3.13. The second-order valence-corrected chi connectivity index (χ2v) is 6.46. The molecular formula is C19H23N7O. The molecular weight excluding hydrogens is 342 g/mol. The SMILES string of the molecule is CN=CC(=CN)c1cnc2[nH]c3cnc(NC)c(OC4CCNC4)c3c2c1. The molecule has 1 saturated heterocycles. The van der Waals surface area contributed by atoms with E-state index >= 15 is 0 Å². The van der Waals surface area contributed by atoms with E-state index in [0.29, 0.717) is 5.82 Å². The van der Waals surface area contributed by atoms with Crippen LogP contribution in [0.3, 0.4) is 0 Å². The molecule has 140 valence electrons. The third-order valence-corrected chi connectivity index (χ3v) is 4.76. The van der Waals surface area contributed by atoms with Gasteiger partial charge in [-0.05, 0) is 19.0 Å². The van der Waals surface area contributed by atoms with E-state index in [-0.39, 0.29) is 6.10 Å². The number of allylic oxidation sites excluding steroid dienone is 1. The van der Waals surface area contributed by atoms with Crippen LogP contribution in [0.4, 0.5) is 5.82 Å². The van der Waals surface area contributed by atoms with Crippen LogP contribution in [-0.2, 0) is 0 Å². The normalized spacial score (nSPS) is 18.0. The van der Waals surface area contributed by atoms with E-state index in [1.807, 2.05) is 7.05 Å². The van der Waals surface area contributed by atoms with E-state index in [4.69, 9.17) is 10.5 Å². The van der Waals surface area contributed by atoms with Crippen LogP contribution >= 0.6 is 0 Å². The van der Waals surface area contributed by atoms with Crippen LogP contribution in [-0.4, -0.2) is 54.5 Å². The number of pyridine rings is 2. The summed E-state index contributed by atoms with van der Waals surface area (Å²) in [4.78, 5) is 16.5. The third kappa shape index (κ3) is 3.08. The second-order valence-electron chi connectivity index (χ2n) is 6.46. The lowest BCUT2D eigenvalue weighted by Gasteiger charge is -2.16. The van der Waals surface area contributed by atoms with Gasteiger partial charge in [0.1, 0.15) is 11.8 Å². The summed E-state index contributed by atoms with van der Waals surface area (Å²) in [6.45, 7) is 1.79. The number of fused-ring (bicyclic) bond motifs is 3. The maximum Gasteiger partial charge on any atom is 0.172 e. The third-order valence-electron chi connectivity index (χ3n) is 4.76. The highest BCUT2D eigenvalue weighted by molar-refractivity contribution is 6.14. The minimum Gasteiger partial charge on any atom is -0.484 e. The molecule has 1 aliphatic rings. The summed E-state index contributed by atoms with van der Waals surface area (Å²) in [5.74, 6) is 1.46. The van der Waals surface area contributed by atoms with E-state index in [1.165, 1.54) is 6.20 Å². The summed E-state index contributed by atoms with van der Waals surface area (Å²) in [7, 11) is 3.56. The molecule has 27 heavy (non-hydrogen) atoms. The Kier molecular flexibility index (Phi) is 4.64. The molecule has 0 saturated carbocycles. The molecule has 5 N–H and O–H groups in total. The number of anilines is 1. The summed E-state index contributed by atoms with van der Waals surface area (Å²) in [6.07, 6.45) is 7.93. The monoisotopic (exact) mass is 365 g/mol. The van der Waals surface area contributed by atoms with Crippen molar-refractivity contribution < 1.29 is 4.74 Å². The molecule has 8 nitrogen and oxygen atoms in total. The number of hydrogen-bond acceptors (Lipinski definition) is 7. The lowest BCUT2D eigenvalue weighted by Crippen LogP contribution is -2.20. The Morgan fingerprint density at radius 1 is 1.41 bits per heavy atom. The number of aliphatic imine (C=N–C) groups is 1. The van der Waals surface area contributed by atoms with Crippen LogP contribution in [0.2, 0.25) is 0 Å². The first-order valence-electron chi connectivity index (χ1n) is 8.95. The summed E-state index contributed by atoms with van der Waals surface area (Å²) >= 11 is 0. The number of nitrogens with one attached hydrogen (secondary N) is 3. The smallest absolute Gasteiger partial charge is 0.172 e. The fraction of sp³-hybridized carbons (Fsp3) is 0.316. The van der Waals surface area contributed by atoms with Crippen molar-refractivity contribution in [2.45, 2.75) is 12.5 Å². The van der Waals surface area contributed by atoms with Gasteiger partial charge in [-0.15, -0.1) is 0 Å². The van der Waals surface area contributed by atoms with Gasteiger partial charge in [0.2, 0.25) is 0 Å². The van der Waals surface area contributed by atoms with Crippen molar-refractivity contribution in [3.8, 4) is 5.75 Å². The van der Waals surface area contributed by atoms with E-state index < -0.39 is 0 Å². The van der Waals surface area contributed by atoms with Crippen LogP contribution < -0.4 is 21.1 Å². The highest BCUT2D eigenvalue weighted by Crippen LogP contribution is 2.38. The molecule has 0 aliphatic carbocycles.